The molecule has 0 aliphatic carbocycles. The second-order valence-electron chi connectivity index (χ2n) is 4.67. The van der Waals surface area contributed by atoms with Crippen LogP contribution >= 0.6 is 11.8 Å². The molecule has 0 aliphatic rings. The summed E-state index contributed by atoms with van der Waals surface area (Å²) >= 11 is 1.60. The van der Waals surface area contributed by atoms with Crippen molar-refractivity contribution in [3.8, 4) is 0 Å². The zero-order chi connectivity index (χ0) is 13.5. The molecule has 0 saturated carbocycles. The molecule has 0 spiro atoms. The van der Waals surface area contributed by atoms with Gasteiger partial charge in [-0.2, -0.15) is 11.8 Å². The number of thioether (sulfide) groups is 1. The van der Waals surface area contributed by atoms with Crippen molar-refractivity contribution in [1.82, 2.24) is 4.90 Å². The van der Waals surface area contributed by atoms with Gasteiger partial charge in [-0.1, -0.05) is 24.3 Å². The molecule has 1 rings (SSSR count). The lowest BCUT2D eigenvalue weighted by molar-refractivity contribution is -0.127. The second kappa shape index (κ2) is 7.44. The molecule has 0 radical (unpaired) electrons. The summed E-state index contributed by atoms with van der Waals surface area (Å²) in [5.74, 6) is 1.48. The minimum atomic E-state index is 0.143. The van der Waals surface area contributed by atoms with Gasteiger partial charge in [-0.3, -0.25) is 4.79 Å². The van der Waals surface area contributed by atoms with E-state index in [1.165, 1.54) is 11.1 Å². The Labute approximate surface area is 114 Å². The van der Waals surface area contributed by atoms with E-state index in [-0.39, 0.29) is 11.9 Å². The van der Waals surface area contributed by atoms with Crippen LogP contribution < -0.4 is 5.73 Å². The fraction of sp³-hybridized carbons (Fsp3) is 0.500. The van der Waals surface area contributed by atoms with Gasteiger partial charge in [-0.05, 0) is 25.0 Å². The molecule has 1 unspecified atom stereocenters. The van der Waals surface area contributed by atoms with Gasteiger partial charge in [-0.25, -0.2) is 0 Å². The zero-order valence-electron chi connectivity index (χ0n) is 11.3. The highest BCUT2D eigenvalue weighted by molar-refractivity contribution is 7.99. The van der Waals surface area contributed by atoms with Crippen molar-refractivity contribution in [3.63, 3.8) is 0 Å². The Kier molecular flexibility index (Phi) is 6.22. The molecule has 0 aromatic heterocycles. The van der Waals surface area contributed by atoms with Crippen LogP contribution in [0.15, 0.2) is 24.3 Å². The SMILES string of the molecule is Cc1ccccc1CN(C)C(=O)CSCC(C)N. The van der Waals surface area contributed by atoms with Crippen LogP contribution in [-0.4, -0.2) is 35.4 Å². The molecule has 1 atom stereocenters. The van der Waals surface area contributed by atoms with Crippen LogP contribution in [-0.2, 0) is 11.3 Å². The Balaban J connectivity index is 2.43. The normalized spacial score (nSPS) is 12.2. The van der Waals surface area contributed by atoms with Crippen molar-refractivity contribution in [3.05, 3.63) is 35.4 Å². The highest BCUT2D eigenvalue weighted by atomic mass is 32.2. The quantitative estimate of drug-likeness (QED) is 0.857. The highest BCUT2D eigenvalue weighted by Gasteiger charge is 2.10. The third-order valence-electron chi connectivity index (χ3n) is 2.70. The Hall–Kier alpha value is -1.000. The van der Waals surface area contributed by atoms with Crippen LogP contribution in [0.1, 0.15) is 18.1 Å². The number of hydrogen-bond acceptors (Lipinski definition) is 3. The van der Waals surface area contributed by atoms with Gasteiger partial charge in [0, 0.05) is 25.4 Å². The third kappa shape index (κ3) is 5.10. The summed E-state index contributed by atoms with van der Waals surface area (Å²) in [5.41, 5.74) is 8.07. The van der Waals surface area contributed by atoms with Gasteiger partial charge >= 0.3 is 0 Å². The number of amides is 1. The Morgan fingerprint density at radius 1 is 1.44 bits per heavy atom. The van der Waals surface area contributed by atoms with E-state index in [2.05, 4.69) is 19.1 Å². The molecular formula is C14H22N2OS. The predicted octanol–water partition coefficient (Wildman–Crippen LogP) is 2.03. The standard InChI is InChI=1S/C14H22N2OS/c1-11-6-4-5-7-13(11)8-16(3)14(17)10-18-9-12(2)15/h4-7,12H,8-10,15H2,1-3H3. The average molecular weight is 266 g/mol. The molecule has 1 amide bonds. The van der Waals surface area contributed by atoms with Gasteiger partial charge in [0.25, 0.3) is 0 Å². The van der Waals surface area contributed by atoms with Crippen molar-refractivity contribution in [2.45, 2.75) is 26.4 Å². The van der Waals surface area contributed by atoms with Crippen LogP contribution in [0.2, 0.25) is 0 Å². The zero-order valence-corrected chi connectivity index (χ0v) is 12.2. The number of nitrogens with two attached hydrogens (primary N) is 1. The van der Waals surface area contributed by atoms with Crippen LogP contribution in [0, 0.1) is 6.92 Å². The summed E-state index contributed by atoms with van der Waals surface area (Å²) in [6.07, 6.45) is 0. The lowest BCUT2D eigenvalue weighted by atomic mass is 10.1. The maximum atomic E-state index is 11.9. The predicted molar refractivity (Wildman–Crippen MR) is 78.6 cm³/mol. The minimum absolute atomic E-state index is 0.143. The van der Waals surface area contributed by atoms with E-state index in [0.29, 0.717) is 12.3 Å². The summed E-state index contributed by atoms with van der Waals surface area (Å²) in [5, 5.41) is 0. The van der Waals surface area contributed by atoms with Crippen molar-refractivity contribution in [2.75, 3.05) is 18.6 Å². The largest absolute Gasteiger partial charge is 0.341 e. The summed E-state index contributed by atoms with van der Waals surface area (Å²) in [6.45, 7) is 4.69. The van der Waals surface area contributed by atoms with Crippen LogP contribution in [0.4, 0.5) is 0 Å². The first kappa shape index (κ1) is 15.1. The topological polar surface area (TPSA) is 46.3 Å². The van der Waals surface area contributed by atoms with Gasteiger partial charge in [0.1, 0.15) is 0 Å². The first-order valence-electron chi connectivity index (χ1n) is 6.12. The average Bonchev–Trinajstić information content (AvgIpc) is 2.31. The molecular weight excluding hydrogens is 244 g/mol. The van der Waals surface area contributed by atoms with E-state index >= 15 is 0 Å². The summed E-state index contributed by atoms with van der Waals surface area (Å²) in [6, 6.07) is 8.29. The minimum Gasteiger partial charge on any atom is -0.341 e. The van der Waals surface area contributed by atoms with Crippen molar-refractivity contribution in [2.24, 2.45) is 5.73 Å². The lowest BCUT2D eigenvalue weighted by Crippen LogP contribution is -2.29. The summed E-state index contributed by atoms with van der Waals surface area (Å²) in [4.78, 5) is 13.7. The molecule has 0 heterocycles. The Bertz CT molecular complexity index is 393. The lowest BCUT2D eigenvalue weighted by Gasteiger charge is -2.18. The highest BCUT2D eigenvalue weighted by Crippen LogP contribution is 2.11. The fourth-order valence-corrected chi connectivity index (χ4v) is 2.46. The number of carbonyl (C=O) groups is 1. The third-order valence-corrected chi connectivity index (χ3v) is 3.91. The Morgan fingerprint density at radius 3 is 2.72 bits per heavy atom. The number of nitrogens with zero attached hydrogens (tertiary/aromatic N) is 1. The monoisotopic (exact) mass is 266 g/mol. The first-order chi connectivity index (χ1) is 8.50. The first-order valence-corrected chi connectivity index (χ1v) is 7.28. The van der Waals surface area contributed by atoms with E-state index in [4.69, 9.17) is 5.73 Å². The molecule has 1 aromatic carbocycles. The maximum absolute atomic E-state index is 11.9. The molecule has 3 nitrogen and oxygen atoms in total. The molecule has 0 bridgehead atoms. The second-order valence-corrected chi connectivity index (χ2v) is 5.70. The maximum Gasteiger partial charge on any atom is 0.232 e. The molecule has 100 valence electrons. The van der Waals surface area contributed by atoms with Crippen LogP contribution in [0.25, 0.3) is 0 Å². The molecule has 0 fully saturated rings. The molecule has 4 heteroatoms. The van der Waals surface area contributed by atoms with Gasteiger partial charge in [0.2, 0.25) is 5.91 Å². The van der Waals surface area contributed by atoms with Gasteiger partial charge in [-0.15, -0.1) is 0 Å². The number of benzene rings is 1. The van der Waals surface area contributed by atoms with E-state index in [1.54, 1.807) is 16.7 Å². The van der Waals surface area contributed by atoms with Crippen molar-refractivity contribution in [1.29, 1.82) is 0 Å². The molecule has 2 N–H and O–H groups in total. The number of rotatable bonds is 6. The number of carbonyl (C=O) groups excluding carboxylic acids is 1. The fourth-order valence-electron chi connectivity index (χ4n) is 1.57. The van der Waals surface area contributed by atoms with Gasteiger partial charge < -0.3 is 10.6 Å². The Morgan fingerprint density at radius 2 is 2.11 bits per heavy atom. The van der Waals surface area contributed by atoms with Crippen molar-refractivity contribution < 1.29 is 4.79 Å². The van der Waals surface area contributed by atoms with Crippen LogP contribution in [0.5, 0.6) is 0 Å². The smallest absolute Gasteiger partial charge is 0.232 e. The molecule has 0 saturated heterocycles. The van der Waals surface area contributed by atoms with Gasteiger partial charge in [0.05, 0.1) is 5.75 Å². The van der Waals surface area contributed by atoms with E-state index < -0.39 is 0 Å². The number of hydrogen-bond donors (Lipinski definition) is 1. The summed E-state index contributed by atoms with van der Waals surface area (Å²) in [7, 11) is 1.85. The molecule has 1 aromatic rings. The van der Waals surface area contributed by atoms with E-state index in [0.717, 1.165) is 5.75 Å². The van der Waals surface area contributed by atoms with Gasteiger partial charge in [0.15, 0.2) is 0 Å². The summed E-state index contributed by atoms with van der Waals surface area (Å²) < 4.78 is 0. The molecule has 18 heavy (non-hydrogen) atoms. The van der Waals surface area contributed by atoms with Crippen LogP contribution in [0.3, 0.4) is 0 Å². The van der Waals surface area contributed by atoms with E-state index in [1.807, 2.05) is 26.1 Å². The van der Waals surface area contributed by atoms with E-state index in [9.17, 15) is 4.79 Å². The van der Waals surface area contributed by atoms with Crippen molar-refractivity contribution >= 4 is 17.7 Å². The number of aryl methyl sites for hydroxylation is 1. The molecule has 0 aliphatic heterocycles.